The highest BCUT2D eigenvalue weighted by Gasteiger charge is 2.35. The maximum absolute atomic E-state index is 13.7. The molecule has 0 saturated heterocycles. The number of nitrogens with zero attached hydrogens (tertiary/aromatic N) is 2. The number of aliphatic hydroxyl groups is 1. The lowest BCUT2D eigenvalue weighted by Crippen LogP contribution is -2.50. The minimum absolute atomic E-state index is 0.0290. The van der Waals surface area contributed by atoms with Crippen molar-refractivity contribution < 1.29 is 27.9 Å². The van der Waals surface area contributed by atoms with E-state index in [0.29, 0.717) is 16.5 Å². The van der Waals surface area contributed by atoms with Gasteiger partial charge in [-0.1, -0.05) is 37.8 Å². The lowest BCUT2D eigenvalue weighted by Gasteiger charge is -2.38. The second kappa shape index (κ2) is 12.9. The number of ether oxygens (including phenoxy) is 1. The van der Waals surface area contributed by atoms with Gasteiger partial charge in [0.25, 0.3) is 5.91 Å². The summed E-state index contributed by atoms with van der Waals surface area (Å²) in [5.41, 5.74) is 0.748. The summed E-state index contributed by atoms with van der Waals surface area (Å²) in [5, 5.41) is 13.3. The minimum atomic E-state index is -3.83. The molecule has 0 bridgehead atoms. The number of anilines is 1. The normalized spacial score (nSPS) is 21.2. The standard InChI is InChI=1S/C29H38ClN3O6S/c1-19-16-33(20(2)18-34)29(36)25-15-23(31-28(35)21-7-5-4-6-8-21)11-14-26(25)39-27(19)17-32(3)40(37,38)24-12-9-22(30)10-13-24/h9-15,19-21,27,34H,4-8,16-18H2,1-3H3,(H,31,35)/t19-,20+,27+/m0/s1. The van der Waals surface area contributed by atoms with Crippen molar-refractivity contribution >= 4 is 39.1 Å². The molecule has 0 radical (unpaired) electrons. The maximum atomic E-state index is 13.7. The van der Waals surface area contributed by atoms with Crippen molar-refractivity contribution in [2.45, 2.75) is 63.0 Å². The molecule has 40 heavy (non-hydrogen) atoms. The average molecular weight is 592 g/mol. The molecule has 218 valence electrons. The van der Waals surface area contributed by atoms with Gasteiger partial charge < -0.3 is 20.1 Å². The van der Waals surface area contributed by atoms with E-state index in [-0.39, 0.29) is 53.8 Å². The molecule has 1 aliphatic heterocycles. The number of nitrogens with one attached hydrogen (secondary N) is 1. The number of benzene rings is 2. The van der Waals surface area contributed by atoms with Crippen LogP contribution in [0, 0.1) is 11.8 Å². The topological polar surface area (TPSA) is 116 Å². The van der Waals surface area contributed by atoms with E-state index in [9.17, 15) is 23.1 Å². The third kappa shape index (κ3) is 6.79. The molecule has 3 atom stereocenters. The number of hydrogen-bond acceptors (Lipinski definition) is 6. The largest absolute Gasteiger partial charge is 0.488 e. The van der Waals surface area contributed by atoms with Gasteiger partial charge in [0.1, 0.15) is 11.9 Å². The fourth-order valence-electron chi connectivity index (χ4n) is 5.27. The molecule has 2 N–H and O–H groups in total. The van der Waals surface area contributed by atoms with Crippen LogP contribution in [-0.4, -0.2) is 73.4 Å². The Kier molecular flexibility index (Phi) is 9.76. The van der Waals surface area contributed by atoms with Crippen molar-refractivity contribution in [3.63, 3.8) is 0 Å². The van der Waals surface area contributed by atoms with Crippen LogP contribution in [0.2, 0.25) is 5.02 Å². The molecule has 11 heteroatoms. The van der Waals surface area contributed by atoms with E-state index >= 15 is 0 Å². The zero-order chi connectivity index (χ0) is 29.0. The summed E-state index contributed by atoms with van der Waals surface area (Å²) in [7, 11) is -2.34. The summed E-state index contributed by atoms with van der Waals surface area (Å²) >= 11 is 5.94. The molecular formula is C29H38ClN3O6S. The van der Waals surface area contributed by atoms with E-state index in [4.69, 9.17) is 16.3 Å². The van der Waals surface area contributed by atoms with Gasteiger partial charge in [0.05, 0.1) is 29.7 Å². The number of aliphatic hydroxyl groups excluding tert-OH is 1. The summed E-state index contributed by atoms with van der Waals surface area (Å²) in [6.07, 6.45) is 4.31. The molecule has 1 aliphatic carbocycles. The molecule has 1 heterocycles. The van der Waals surface area contributed by atoms with Crippen LogP contribution in [-0.2, 0) is 14.8 Å². The Labute approximate surface area is 241 Å². The number of rotatable bonds is 8. The molecule has 9 nitrogen and oxygen atoms in total. The van der Waals surface area contributed by atoms with Crippen LogP contribution in [0.1, 0.15) is 56.3 Å². The Bertz CT molecular complexity index is 1310. The monoisotopic (exact) mass is 591 g/mol. The second-order valence-corrected chi connectivity index (χ2v) is 13.4. The van der Waals surface area contributed by atoms with Crippen molar-refractivity contribution in [1.29, 1.82) is 0 Å². The Hall–Kier alpha value is -2.66. The predicted octanol–water partition coefficient (Wildman–Crippen LogP) is 4.40. The van der Waals surface area contributed by atoms with Crippen LogP contribution in [0.4, 0.5) is 5.69 Å². The van der Waals surface area contributed by atoms with Gasteiger partial charge in [-0.15, -0.1) is 0 Å². The van der Waals surface area contributed by atoms with Crippen molar-refractivity contribution in [2.24, 2.45) is 11.8 Å². The minimum Gasteiger partial charge on any atom is -0.488 e. The number of fused-ring (bicyclic) bond motifs is 1. The van der Waals surface area contributed by atoms with Crippen LogP contribution < -0.4 is 10.1 Å². The van der Waals surface area contributed by atoms with E-state index in [1.165, 1.54) is 35.6 Å². The molecule has 2 aromatic rings. The van der Waals surface area contributed by atoms with E-state index in [1.54, 1.807) is 30.0 Å². The number of likely N-dealkylation sites (N-methyl/N-ethyl adjacent to an activating group) is 1. The van der Waals surface area contributed by atoms with Gasteiger partial charge in [0, 0.05) is 36.1 Å². The molecule has 0 aromatic heterocycles. The molecular weight excluding hydrogens is 554 g/mol. The fourth-order valence-corrected chi connectivity index (χ4v) is 6.57. The Morgan fingerprint density at radius 3 is 2.50 bits per heavy atom. The summed E-state index contributed by atoms with van der Waals surface area (Å²) < 4.78 is 34.1. The van der Waals surface area contributed by atoms with Crippen LogP contribution in [0.5, 0.6) is 5.75 Å². The zero-order valence-corrected chi connectivity index (χ0v) is 24.7. The highest BCUT2D eigenvalue weighted by molar-refractivity contribution is 7.89. The van der Waals surface area contributed by atoms with Gasteiger partial charge in [-0.3, -0.25) is 9.59 Å². The highest BCUT2D eigenvalue weighted by Crippen LogP contribution is 2.32. The van der Waals surface area contributed by atoms with Crippen molar-refractivity contribution in [3.05, 3.63) is 53.1 Å². The van der Waals surface area contributed by atoms with E-state index in [0.717, 1.165) is 32.1 Å². The second-order valence-electron chi connectivity index (χ2n) is 10.9. The van der Waals surface area contributed by atoms with E-state index in [1.807, 2.05) is 6.92 Å². The third-order valence-corrected chi connectivity index (χ3v) is 9.96. The summed E-state index contributed by atoms with van der Waals surface area (Å²) in [5.74, 6) is -0.390. The van der Waals surface area contributed by atoms with Gasteiger partial charge in [0.2, 0.25) is 15.9 Å². The molecule has 2 aromatic carbocycles. The van der Waals surface area contributed by atoms with Crippen LogP contribution >= 0.6 is 11.6 Å². The SMILES string of the molecule is C[C@H](CO)N1C[C@H](C)[C@@H](CN(C)S(=O)(=O)c2ccc(Cl)cc2)Oc2ccc(NC(=O)C3CCCCC3)cc2C1=O. The smallest absolute Gasteiger partial charge is 0.258 e. The molecule has 4 rings (SSSR count). The third-order valence-electron chi connectivity index (χ3n) is 7.87. The van der Waals surface area contributed by atoms with Gasteiger partial charge in [-0.05, 0) is 62.2 Å². The summed E-state index contributed by atoms with van der Waals surface area (Å²) in [6.45, 7) is 3.69. The molecule has 0 spiro atoms. The first-order valence-corrected chi connectivity index (χ1v) is 15.6. The number of hydrogen-bond donors (Lipinski definition) is 2. The number of halogens is 1. The molecule has 1 fully saturated rings. The zero-order valence-electron chi connectivity index (χ0n) is 23.2. The Morgan fingerprint density at radius 2 is 1.85 bits per heavy atom. The van der Waals surface area contributed by atoms with E-state index < -0.39 is 22.2 Å². The van der Waals surface area contributed by atoms with Crippen molar-refractivity contribution in [2.75, 3.05) is 32.1 Å². The fraction of sp³-hybridized carbons (Fsp3) is 0.517. The predicted molar refractivity (Wildman–Crippen MR) is 154 cm³/mol. The van der Waals surface area contributed by atoms with Gasteiger partial charge >= 0.3 is 0 Å². The number of sulfonamides is 1. The maximum Gasteiger partial charge on any atom is 0.258 e. The van der Waals surface area contributed by atoms with Crippen LogP contribution in [0.3, 0.4) is 0 Å². The van der Waals surface area contributed by atoms with Crippen molar-refractivity contribution in [3.8, 4) is 5.75 Å². The van der Waals surface area contributed by atoms with Gasteiger partial charge in [-0.25, -0.2) is 8.42 Å². The van der Waals surface area contributed by atoms with Gasteiger partial charge in [-0.2, -0.15) is 4.31 Å². The number of carbonyl (C=O) groups excluding carboxylic acids is 2. The van der Waals surface area contributed by atoms with Gasteiger partial charge in [0.15, 0.2) is 0 Å². The first kappa shape index (κ1) is 30.3. The van der Waals surface area contributed by atoms with Crippen LogP contribution in [0.25, 0.3) is 0 Å². The lowest BCUT2D eigenvalue weighted by atomic mass is 9.88. The summed E-state index contributed by atoms with van der Waals surface area (Å²) in [4.78, 5) is 28.2. The first-order valence-electron chi connectivity index (χ1n) is 13.8. The quantitative estimate of drug-likeness (QED) is 0.470. The molecule has 2 aliphatic rings. The molecule has 1 saturated carbocycles. The number of carbonyl (C=O) groups is 2. The Balaban J connectivity index is 1.62. The number of amides is 2. The summed E-state index contributed by atoms with van der Waals surface area (Å²) in [6, 6.07) is 10.4. The van der Waals surface area contributed by atoms with E-state index in [2.05, 4.69) is 5.32 Å². The van der Waals surface area contributed by atoms with Crippen molar-refractivity contribution in [1.82, 2.24) is 9.21 Å². The Morgan fingerprint density at radius 1 is 1.18 bits per heavy atom. The molecule has 2 amide bonds. The lowest BCUT2D eigenvalue weighted by molar-refractivity contribution is -0.120. The first-order chi connectivity index (χ1) is 19.0. The highest BCUT2D eigenvalue weighted by atomic mass is 35.5. The molecule has 0 unspecified atom stereocenters. The average Bonchev–Trinajstić information content (AvgIpc) is 2.95. The van der Waals surface area contributed by atoms with Crippen LogP contribution in [0.15, 0.2) is 47.4 Å².